The van der Waals surface area contributed by atoms with Crippen molar-refractivity contribution in [2.24, 2.45) is 0 Å². The van der Waals surface area contributed by atoms with E-state index in [4.69, 9.17) is 9.47 Å². The van der Waals surface area contributed by atoms with Crippen LogP contribution in [0.1, 0.15) is 38.3 Å². The summed E-state index contributed by atoms with van der Waals surface area (Å²) in [5.74, 6) is -0.120. The van der Waals surface area contributed by atoms with Crippen LogP contribution in [0, 0.1) is 0 Å². The molecular formula is C27H39N3O6S. The Morgan fingerprint density at radius 2 is 1.57 bits per heavy atom. The van der Waals surface area contributed by atoms with Crippen LogP contribution in [0.4, 0.5) is 0 Å². The molecule has 204 valence electrons. The SMILES string of the molecule is COc1ccc(CN(C(=O)CN(Cc2ccccc2)S(C)(=O)=O)[C@@H](C)C(=O)NCCCOC(C)C)cc1. The lowest BCUT2D eigenvalue weighted by atomic mass is 10.1. The van der Waals surface area contributed by atoms with Crippen molar-refractivity contribution in [2.75, 3.05) is 33.1 Å². The van der Waals surface area contributed by atoms with Gasteiger partial charge in [-0.1, -0.05) is 42.5 Å². The van der Waals surface area contributed by atoms with Gasteiger partial charge in [-0.2, -0.15) is 4.31 Å². The Morgan fingerprint density at radius 1 is 0.946 bits per heavy atom. The molecule has 0 fully saturated rings. The molecule has 1 atom stereocenters. The van der Waals surface area contributed by atoms with Crippen LogP contribution in [-0.4, -0.2) is 74.6 Å². The van der Waals surface area contributed by atoms with Gasteiger partial charge in [-0.25, -0.2) is 8.42 Å². The first-order valence-corrected chi connectivity index (χ1v) is 14.2. The predicted octanol–water partition coefficient (Wildman–Crippen LogP) is 2.81. The molecule has 9 nitrogen and oxygen atoms in total. The minimum Gasteiger partial charge on any atom is -0.497 e. The molecule has 0 radical (unpaired) electrons. The Bertz CT molecular complexity index is 1090. The number of nitrogens with one attached hydrogen (secondary N) is 1. The average Bonchev–Trinajstić information content (AvgIpc) is 2.86. The Kier molecular flexibility index (Phi) is 12.0. The van der Waals surface area contributed by atoms with Crippen LogP contribution in [-0.2, 0) is 37.4 Å². The number of hydrogen-bond donors (Lipinski definition) is 1. The van der Waals surface area contributed by atoms with Crippen LogP contribution in [0.25, 0.3) is 0 Å². The summed E-state index contributed by atoms with van der Waals surface area (Å²) in [6.07, 6.45) is 1.83. The van der Waals surface area contributed by atoms with Gasteiger partial charge in [0, 0.05) is 26.2 Å². The van der Waals surface area contributed by atoms with E-state index in [0.29, 0.717) is 25.3 Å². The van der Waals surface area contributed by atoms with Gasteiger partial charge in [0.05, 0.1) is 26.0 Å². The number of benzene rings is 2. The molecule has 0 unspecified atom stereocenters. The zero-order valence-electron chi connectivity index (χ0n) is 22.3. The van der Waals surface area contributed by atoms with E-state index in [-0.39, 0.29) is 31.6 Å². The monoisotopic (exact) mass is 533 g/mol. The Hall–Kier alpha value is -2.95. The van der Waals surface area contributed by atoms with Crippen molar-refractivity contribution in [2.45, 2.75) is 52.4 Å². The van der Waals surface area contributed by atoms with E-state index in [9.17, 15) is 18.0 Å². The summed E-state index contributed by atoms with van der Waals surface area (Å²) in [4.78, 5) is 27.9. The first-order chi connectivity index (χ1) is 17.5. The number of rotatable bonds is 15. The Labute approximate surface area is 220 Å². The molecule has 0 aliphatic heterocycles. The zero-order chi connectivity index (χ0) is 27.4. The lowest BCUT2D eigenvalue weighted by molar-refractivity contribution is -0.140. The molecule has 37 heavy (non-hydrogen) atoms. The summed E-state index contributed by atoms with van der Waals surface area (Å²) in [5, 5.41) is 2.85. The second kappa shape index (κ2) is 14.7. The maximum Gasteiger partial charge on any atom is 0.242 e. The Balaban J connectivity index is 2.19. The van der Waals surface area contributed by atoms with E-state index in [0.717, 1.165) is 21.7 Å². The van der Waals surface area contributed by atoms with Crippen LogP contribution < -0.4 is 10.1 Å². The van der Waals surface area contributed by atoms with Gasteiger partial charge in [0.15, 0.2) is 0 Å². The summed E-state index contributed by atoms with van der Waals surface area (Å²) >= 11 is 0. The van der Waals surface area contributed by atoms with Crippen LogP contribution in [0.15, 0.2) is 54.6 Å². The number of carbonyl (C=O) groups excluding carboxylic acids is 2. The average molecular weight is 534 g/mol. The van der Waals surface area contributed by atoms with Crippen LogP contribution in [0.2, 0.25) is 0 Å². The third-order valence-electron chi connectivity index (χ3n) is 5.73. The Morgan fingerprint density at radius 3 is 2.14 bits per heavy atom. The molecule has 0 bridgehead atoms. The molecule has 0 aliphatic carbocycles. The number of carbonyl (C=O) groups is 2. The molecule has 0 aliphatic rings. The summed E-state index contributed by atoms with van der Waals surface area (Å²) in [7, 11) is -2.13. The van der Waals surface area contributed by atoms with E-state index in [1.807, 2.05) is 44.2 Å². The molecular weight excluding hydrogens is 494 g/mol. The molecule has 2 rings (SSSR count). The highest BCUT2D eigenvalue weighted by Gasteiger charge is 2.29. The van der Waals surface area contributed by atoms with E-state index in [1.165, 1.54) is 4.90 Å². The van der Waals surface area contributed by atoms with Crippen molar-refractivity contribution >= 4 is 21.8 Å². The number of ether oxygens (including phenoxy) is 2. The van der Waals surface area contributed by atoms with Crippen molar-refractivity contribution < 1.29 is 27.5 Å². The maximum atomic E-state index is 13.5. The lowest BCUT2D eigenvalue weighted by Crippen LogP contribution is -2.51. The zero-order valence-corrected chi connectivity index (χ0v) is 23.2. The predicted molar refractivity (Wildman–Crippen MR) is 143 cm³/mol. The number of hydrogen-bond acceptors (Lipinski definition) is 6. The second-order valence-corrected chi connectivity index (χ2v) is 11.1. The van der Waals surface area contributed by atoms with Crippen LogP contribution in [0.5, 0.6) is 5.75 Å². The van der Waals surface area contributed by atoms with Gasteiger partial charge in [-0.3, -0.25) is 9.59 Å². The highest BCUT2D eigenvalue weighted by Crippen LogP contribution is 2.16. The smallest absolute Gasteiger partial charge is 0.242 e. The van der Waals surface area contributed by atoms with Gasteiger partial charge < -0.3 is 19.7 Å². The molecule has 0 aromatic heterocycles. The largest absolute Gasteiger partial charge is 0.497 e. The van der Waals surface area contributed by atoms with E-state index >= 15 is 0 Å². The lowest BCUT2D eigenvalue weighted by Gasteiger charge is -2.31. The summed E-state index contributed by atoms with van der Waals surface area (Å²) in [6, 6.07) is 15.4. The maximum absolute atomic E-state index is 13.5. The number of amides is 2. The van der Waals surface area contributed by atoms with E-state index in [2.05, 4.69) is 5.32 Å². The van der Waals surface area contributed by atoms with E-state index in [1.54, 1.807) is 38.3 Å². The van der Waals surface area contributed by atoms with Gasteiger partial charge in [-0.05, 0) is 50.5 Å². The van der Waals surface area contributed by atoms with Crippen molar-refractivity contribution in [3.8, 4) is 5.75 Å². The molecule has 0 saturated carbocycles. The number of methoxy groups -OCH3 is 1. The van der Waals surface area contributed by atoms with Crippen molar-refractivity contribution in [1.29, 1.82) is 0 Å². The molecule has 1 N–H and O–H groups in total. The molecule has 0 spiro atoms. The van der Waals surface area contributed by atoms with Crippen molar-refractivity contribution in [3.05, 3.63) is 65.7 Å². The summed E-state index contributed by atoms with van der Waals surface area (Å²) in [5.41, 5.74) is 1.55. The van der Waals surface area contributed by atoms with Gasteiger partial charge >= 0.3 is 0 Å². The quantitative estimate of drug-likeness (QED) is 0.353. The molecule has 2 aromatic rings. The molecule has 0 heterocycles. The van der Waals surface area contributed by atoms with Gasteiger partial charge in [0.2, 0.25) is 21.8 Å². The fourth-order valence-electron chi connectivity index (χ4n) is 3.58. The molecule has 10 heteroatoms. The fraction of sp³-hybridized carbons (Fsp3) is 0.481. The first kappa shape index (κ1) is 30.3. The number of sulfonamides is 1. The minimum atomic E-state index is -3.69. The highest BCUT2D eigenvalue weighted by atomic mass is 32.2. The van der Waals surface area contributed by atoms with Crippen LogP contribution in [0.3, 0.4) is 0 Å². The minimum absolute atomic E-state index is 0.0538. The van der Waals surface area contributed by atoms with Gasteiger partial charge in [0.1, 0.15) is 11.8 Å². The topological polar surface area (TPSA) is 105 Å². The third kappa shape index (κ3) is 10.5. The first-order valence-electron chi connectivity index (χ1n) is 12.3. The fourth-order valence-corrected chi connectivity index (χ4v) is 4.31. The van der Waals surface area contributed by atoms with Crippen molar-refractivity contribution in [1.82, 2.24) is 14.5 Å². The third-order valence-corrected chi connectivity index (χ3v) is 6.93. The van der Waals surface area contributed by atoms with E-state index < -0.39 is 22.0 Å². The molecule has 2 aromatic carbocycles. The summed E-state index contributed by atoms with van der Waals surface area (Å²) in [6.45, 7) is 6.26. The van der Waals surface area contributed by atoms with Crippen LogP contribution >= 0.6 is 0 Å². The second-order valence-electron chi connectivity index (χ2n) is 9.13. The van der Waals surface area contributed by atoms with Gasteiger partial charge in [-0.15, -0.1) is 0 Å². The van der Waals surface area contributed by atoms with Crippen molar-refractivity contribution in [3.63, 3.8) is 0 Å². The number of nitrogens with zero attached hydrogens (tertiary/aromatic N) is 2. The summed E-state index contributed by atoms with van der Waals surface area (Å²) < 4.78 is 36.9. The normalized spacial score (nSPS) is 12.4. The molecule has 2 amide bonds. The van der Waals surface area contributed by atoms with Gasteiger partial charge in [0.25, 0.3) is 0 Å². The molecule has 0 saturated heterocycles. The highest BCUT2D eigenvalue weighted by molar-refractivity contribution is 7.88. The standard InChI is InChI=1S/C27H39N3O6S/c1-21(2)36-17-9-16-28-27(32)22(3)30(19-24-12-14-25(35-4)15-13-24)26(31)20-29(37(5,33)34)18-23-10-7-6-8-11-23/h6-8,10-15,21-22H,9,16-20H2,1-5H3,(H,28,32)/t22-/m0/s1.